The summed E-state index contributed by atoms with van der Waals surface area (Å²) < 4.78 is 18.8. The van der Waals surface area contributed by atoms with Crippen molar-refractivity contribution in [3.63, 3.8) is 0 Å². The predicted octanol–water partition coefficient (Wildman–Crippen LogP) is 3.27. The zero-order valence-corrected chi connectivity index (χ0v) is 14.8. The molecule has 0 amide bonds. The number of rotatable bonds is 6. The molecule has 3 unspecified atom stereocenters. The van der Waals surface area contributed by atoms with E-state index in [1.54, 1.807) is 0 Å². The minimum atomic E-state index is -2.82. The fourth-order valence-electron chi connectivity index (χ4n) is 3.03. The summed E-state index contributed by atoms with van der Waals surface area (Å²) in [6.07, 6.45) is 8.75. The summed E-state index contributed by atoms with van der Waals surface area (Å²) in [4.78, 5) is 0. The molecule has 3 nitrogen and oxygen atoms in total. The first-order valence-corrected chi connectivity index (χ1v) is 10.9. The molecule has 0 heterocycles. The van der Waals surface area contributed by atoms with Crippen molar-refractivity contribution in [1.29, 1.82) is 0 Å². The normalized spacial score (nSPS) is 31.4. The summed E-state index contributed by atoms with van der Waals surface area (Å²) in [7, 11) is -2.82. The first-order chi connectivity index (χ1) is 11.2. The van der Waals surface area contributed by atoms with Crippen LogP contribution in [0.1, 0.15) is 57.8 Å². The molecule has 0 saturated heterocycles. The molecule has 4 heteroatoms. The second-order valence-corrected chi connectivity index (χ2v) is 8.75. The van der Waals surface area contributed by atoms with Crippen LogP contribution in [0.15, 0.2) is 0 Å². The lowest BCUT2D eigenvalue weighted by Crippen LogP contribution is -2.50. The second kappa shape index (κ2) is 8.05. The summed E-state index contributed by atoms with van der Waals surface area (Å²) in [6, 6.07) is 0. The maximum absolute atomic E-state index is 6.27. The molecule has 3 atom stereocenters. The van der Waals surface area contributed by atoms with Crippen molar-refractivity contribution in [2.24, 2.45) is 0 Å². The van der Waals surface area contributed by atoms with Crippen molar-refractivity contribution in [3.8, 4) is 35.5 Å². The Balaban J connectivity index is 1.70. The zero-order valence-electron chi connectivity index (χ0n) is 13.8. The van der Waals surface area contributed by atoms with Gasteiger partial charge in [0.15, 0.2) is 0 Å². The largest absolute Gasteiger partial charge is 0.500 e. The van der Waals surface area contributed by atoms with E-state index < -0.39 is 8.80 Å². The van der Waals surface area contributed by atoms with Gasteiger partial charge >= 0.3 is 8.80 Å². The molecule has 0 aromatic carbocycles. The van der Waals surface area contributed by atoms with Crippen LogP contribution in [0.25, 0.3) is 0 Å². The fraction of sp³-hybridized carbons (Fsp3) is 0.684. The van der Waals surface area contributed by atoms with Crippen LogP contribution in [-0.2, 0) is 13.3 Å². The van der Waals surface area contributed by atoms with Crippen LogP contribution < -0.4 is 0 Å². The Morgan fingerprint density at radius 1 is 0.652 bits per heavy atom. The van der Waals surface area contributed by atoms with E-state index in [4.69, 9.17) is 13.3 Å². The minimum absolute atomic E-state index is 0.0754. The predicted molar refractivity (Wildman–Crippen MR) is 91.1 cm³/mol. The molecule has 0 radical (unpaired) electrons. The van der Waals surface area contributed by atoms with Gasteiger partial charge in [0.25, 0.3) is 0 Å². The first-order valence-electron chi connectivity index (χ1n) is 8.72. The smallest absolute Gasteiger partial charge is 0.359 e. The van der Waals surface area contributed by atoms with E-state index in [0.717, 1.165) is 57.8 Å². The Morgan fingerprint density at radius 2 is 1.00 bits per heavy atom. The van der Waals surface area contributed by atoms with E-state index >= 15 is 0 Å². The van der Waals surface area contributed by atoms with Gasteiger partial charge in [-0.1, -0.05) is 17.8 Å². The van der Waals surface area contributed by atoms with E-state index in [1.807, 2.05) is 6.55 Å². The molecule has 0 saturated carbocycles. The van der Waals surface area contributed by atoms with E-state index in [9.17, 15) is 0 Å². The quantitative estimate of drug-likeness (QED) is 0.553. The molecule has 0 aliphatic heterocycles. The van der Waals surface area contributed by atoms with E-state index in [1.165, 1.54) is 0 Å². The molecule has 0 N–H and O–H groups in total. The van der Waals surface area contributed by atoms with Crippen molar-refractivity contribution in [2.75, 3.05) is 0 Å². The molecule has 0 spiro atoms. The lowest BCUT2D eigenvalue weighted by Gasteiger charge is -2.34. The van der Waals surface area contributed by atoms with E-state index in [2.05, 4.69) is 35.5 Å². The standard InChI is InChI=1S/C19H24O3Si/c1-23(20-17-11-5-2-6-12-17,21-18-13-7-3-8-14-18)22-19-15-9-4-10-16-19/h17-19H,2-5,7,9,11,13,15H2,1H3. The topological polar surface area (TPSA) is 27.7 Å². The van der Waals surface area contributed by atoms with Gasteiger partial charge in [-0.05, 0) is 38.5 Å². The molecule has 0 aromatic heterocycles. The molecular formula is C19H24O3Si. The zero-order chi connectivity index (χ0) is 16.0. The summed E-state index contributed by atoms with van der Waals surface area (Å²) in [5, 5.41) is 0. The van der Waals surface area contributed by atoms with Gasteiger partial charge in [0.2, 0.25) is 0 Å². The van der Waals surface area contributed by atoms with Crippen LogP contribution in [0.5, 0.6) is 0 Å². The first kappa shape index (κ1) is 16.6. The Hall–Kier alpha value is -1.22. The van der Waals surface area contributed by atoms with Crippen LogP contribution in [0.4, 0.5) is 0 Å². The third kappa shape index (κ3) is 5.13. The summed E-state index contributed by atoms with van der Waals surface area (Å²) in [5.74, 6) is 19.0. The molecule has 122 valence electrons. The lowest BCUT2D eigenvalue weighted by atomic mass is 10.1. The molecule has 0 bridgehead atoms. The van der Waals surface area contributed by atoms with Crippen LogP contribution in [0.3, 0.4) is 0 Å². The van der Waals surface area contributed by atoms with Crippen molar-refractivity contribution in [2.45, 2.75) is 82.6 Å². The highest BCUT2D eigenvalue weighted by molar-refractivity contribution is 6.59. The van der Waals surface area contributed by atoms with Gasteiger partial charge in [0.1, 0.15) is 18.3 Å². The second-order valence-electron chi connectivity index (χ2n) is 6.32. The monoisotopic (exact) mass is 328 g/mol. The summed E-state index contributed by atoms with van der Waals surface area (Å²) in [6.45, 7) is 1.98. The van der Waals surface area contributed by atoms with Crippen molar-refractivity contribution >= 4 is 8.80 Å². The number of hydrogen-bond acceptors (Lipinski definition) is 3. The highest BCUT2D eigenvalue weighted by atomic mass is 28.4. The highest BCUT2D eigenvalue weighted by Gasteiger charge is 2.42. The van der Waals surface area contributed by atoms with Crippen LogP contribution in [0, 0.1) is 35.5 Å². The Bertz CT molecular complexity index is 512. The highest BCUT2D eigenvalue weighted by Crippen LogP contribution is 2.24. The van der Waals surface area contributed by atoms with Gasteiger partial charge in [0, 0.05) is 25.8 Å². The SMILES string of the molecule is C[Si](OC1C#CCCC1)(OC1C#CCCC1)OC1C#CCCC1. The molecule has 3 aliphatic rings. The average molecular weight is 328 g/mol. The summed E-state index contributed by atoms with van der Waals surface area (Å²) >= 11 is 0. The van der Waals surface area contributed by atoms with Gasteiger partial charge in [-0.2, -0.15) is 0 Å². The summed E-state index contributed by atoms with van der Waals surface area (Å²) in [5.41, 5.74) is 0. The minimum Gasteiger partial charge on any atom is -0.359 e. The van der Waals surface area contributed by atoms with Crippen molar-refractivity contribution < 1.29 is 13.3 Å². The van der Waals surface area contributed by atoms with Crippen LogP contribution in [-0.4, -0.2) is 27.1 Å². The Kier molecular flexibility index (Phi) is 5.82. The Labute approximate surface area is 140 Å². The molecular weight excluding hydrogens is 304 g/mol. The lowest BCUT2D eigenvalue weighted by molar-refractivity contribution is 0.0140. The fourth-order valence-corrected chi connectivity index (χ4v) is 5.27. The van der Waals surface area contributed by atoms with E-state index in [-0.39, 0.29) is 18.3 Å². The van der Waals surface area contributed by atoms with Gasteiger partial charge in [-0.15, -0.1) is 17.8 Å². The van der Waals surface area contributed by atoms with Gasteiger partial charge in [-0.3, -0.25) is 0 Å². The molecule has 3 aliphatic carbocycles. The van der Waals surface area contributed by atoms with Gasteiger partial charge < -0.3 is 13.3 Å². The number of hydrogen-bond donors (Lipinski definition) is 0. The molecule has 0 aromatic rings. The van der Waals surface area contributed by atoms with Crippen molar-refractivity contribution in [1.82, 2.24) is 0 Å². The van der Waals surface area contributed by atoms with Crippen LogP contribution in [0.2, 0.25) is 6.55 Å². The molecule has 0 fully saturated rings. The maximum Gasteiger partial charge on any atom is 0.500 e. The third-order valence-corrected chi connectivity index (χ3v) is 6.30. The Morgan fingerprint density at radius 3 is 1.26 bits per heavy atom. The maximum atomic E-state index is 6.27. The van der Waals surface area contributed by atoms with E-state index in [0.29, 0.717) is 0 Å². The van der Waals surface area contributed by atoms with Gasteiger partial charge in [0.05, 0.1) is 0 Å². The third-order valence-electron chi connectivity index (χ3n) is 4.16. The molecule has 23 heavy (non-hydrogen) atoms. The van der Waals surface area contributed by atoms with Crippen LogP contribution >= 0.6 is 0 Å². The van der Waals surface area contributed by atoms with Gasteiger partial charge in [-0.25, -0.2) is 0 Å². The van der Waals surface area contributed by atoms with Crippen molar-refractivity contribution in [3.05, 3.63) is 0 Å². The molecule has 3 rings (SSSR count). The average Bonchev–Trinajstić information content (AvgIpc) is 2.57.